The second kappa shape index (κ2) is 5.91. The average molecular weight is 298 g/mol. The summed E-state index contributed by atoms with van der Waals surface area (Å²) in [4.78, 5) is 28.4. The Balaban J connectivity index is 1.57. The molecule has 3 rings (SSSR count). The minimum Gasteiger partial charge on any atom is -0.383 e. The maximum absolute atomic E-state index is 12.9. The van der Waals surface area contributed by atoms with Crippen LogP contribution in [0.4, 0.5) is 4.39 Å². The van der Waals surface area contributed by atoms with Gasteiger partial charge in [-0.2, -0.15) is 0 Å². The number of likely N-dealkylation sites (tertiary alicyclic amines) is 2. The summed E-state index contributed by atoms with van der Waals surface area (Å²) in [5.41, 5.74) is 0. The zero-order chi connectivity index (χ0) is 15.0. The highest BCUT2D eigenvalue weighted by molar-refractivity contribution is 5.84. The van der Waals surface area contributed by atoms with Gasteiger partial charge in [0.15, 0.2) is 0 Å². The van der Waals surface area contributed by atoms with E-state index in [-0.39, 0.29) is 29.6 Å². The zero-order valence-electron chi connectivity index (χ0n) is 12.5. The Labute approximate surface area is 124 Å². The molecule has 2 atom stereocenters. The normalized spacial score (nSPS) is 35.6. The van der Waals surface area contributed by atoms with Crippen LogP contribution in [0.25, 0.3) is 0 Å². The van der Waals surface area contributed by atoms with Crippen LogP contribution < -0.4 is 0 Å². The van der Waals surface area contributed by atoms with Crippen molar-refractivity contribution in [2.24, 2.45) is 17.8 Å². The van der Waals surface area contributed by atoms with Gasteiger partial charge in [0, 0.05) is 39.2 Å². The number of hydrogen-bond acceptors (Lipinski definition) is 3. The molecule has 1 aliphatic carbocycles. The van der Waals surface area contributed by atoms with Crippen LogP contribution in [0.15, 0.2) is 0 Å². The average Bonchev–Trinajstić information content (AvgIpc) is 2.87. The first-order chi connectivity index (χ1) is 10.1. The second-order valence-electron chi connectivity index (χ2n) is 6.48. The molecule has 2 heterocycles. The molecule has 2 saturated heterocycles. The van der Waals surface area contributed by atoms with E-state index >= 15 is 0 Å². The van der Waals surface area contributed by atoms with Crippen molar-refractivity contribution in [3.05, 3.63) is 0 Å². The third kappa shape index (κ3) is 2.78. The molecule has 21 heavy (non-hydrogen) atoms. The summed E-state index contributed by atoms with van der Waals surface area (Å²) in [6.07, 6.45) is 0.854. The van der Waals surface area contributed by atoms with Gasteiger partial charge < -0.3 is 14.5 Å². The van der Waals surface area contributed by atoms with Crippen LogP contribution in [-0.2, 0) is 14.3 Å². The molecule has 0 bridgehead atoms. The number of ether oxygens (including phenoxy) is 1. The smallest absolute Gasteiger partial charge is 0.227 e. The summed E-state index contributed by atoms with van der Waals surface area (Å²) in [5, 5.41) is 0. The summed E-state index contributed by atoms with van der Waals surface area (Å²) >= 11 is 0. The Bertz CT molecular complexity index is 425. The Morgan fingerprint density at radius 1 is 1.38 bits per heavy atom. The fourth-order valence-electron chi connectivity index (χ4n) is 3.72. The number of halogens is 1. The van der Waals surface area contributed by atoms with Crippen molar-refractivity contribution in [1.82, 2.24) is 9.80 Å². The fraction of sp³-hybridized carbons (Fsp3) is 0.867. The number of carbonyl (C=O) groups excluding carboxylic acids is 2. The number of piperidine rings is 1. The van der Waals surface area contributed by atoms with Gasteiger partial charge in [0.1, 0.15) is 6.17 Å². The van der Waals surface area contributed by atoms with Crippen LogP contribution in [0.3, 0.4) is 0 Å². The van der Waals surface area contributed by atoms with Crippen LogP contribution in [0, 0.1) is 17.8 Å². The summed E-state index contributed by atoms with van der Waals surface area (Å²) in [7, 11) is 1.63. The predicted molar refractivity (Wildman–Crippen MR) is 74.3 cm³/mol. The highest BCUT2D eigenvalue weighted by atomic mass is 19.1. The van der Waals surface area contributed by atoms with E-state index in [1.54, 1.807) is 12.0 Å². The summed E-state index contributed by atoms with van der Waals surface area (Å²) < 4.78 is 17.9. The van der Waals surface area contributed by atoms with E-state index in [0.29, 0.717) is 39.1 Å². The number of fused-ring (bicyclic) bond motifs is 1. The van der Waals surface area contributed by atoms with E-state index in [4.69, 9.17) is 4.74 Å². The number of amides is 2. The second-order valence-corrected chi connectivity index (χ2v) is 6.48. The maximum Gasteiger partial charge on any atom is 0.227 e. The monoisotopic (exact) mass is 298 g/mol. The van der Waals surface area contributed by atoms with Gasteiger partial charge in [-0.25, -0.2) is 4.39 Å². The molecule has 5 nitrogen and oxygen atoms in total. The van der Waals surface area contributed by atoms with Crippen LogP contribution in [0.5, 0.6) is 0 Å². The van der Waals surface area contributed by atoms with Gasteiger partial charge in [-0.3, -0.25) is 9.59 Å². The minimum absolute atomic E-state index is 0.0505. The maximum atomic E-state index is 12.9. The fourth-order valence-corrected chi connectivity index (χ4v) is 3.72. The summed E-state index contributed by atoms with van der Waals surface area (Å²) in [6, 6.07) is 0. The number of alkyl halides is 1. The first-order valence-electron chi connectivity index (χ1n) is 7.80. The van der Waals surface area contributed by atoms with Crippen LogP contribution in [-0.4, -0.2) is 67.7 Å². The first kappa shape index (κ1) is 14.8. The van der Waals surface area contributed by atoms with Gasteiger partial charge in [-0.15, -0.1) is 0 Å². The van der Waals surface area contributed by atoms with E-state index < -0.39 is 6.17 Å². The standard InChI is InChI=1S/C15H23FN2O3/c1-21-5-4-17-3-2-10-8-18(9-13(10)15(17)20)14(19)11-6-12(16)7-11/h10-13H,2-9H2,1H3/t10-,11?,12?,13+/m1/s1. The largest absolute Gasteiger partial charge is 0.383 e. The van der Waals surface area contributed by atoms with E-state index in [1.807, 2.05) is 4.90 Å². The van der Waals surface area contributed by atoms with Crippen molar-refractivity contribution in [3.63, 3.8) is 0 Å². The van der Waals surface area contributed by atoms with Crippen molar-refractivity contribution >= 4 is 11.8 Å². The molecule has 0 unspecified atom stereocenters. The summed E-state index contributed by atoms with van der Waals surface area (Å²) in [6.45, 7) is 3.10. The molecule has 0 aromatic heterocycles. The van der Waals surface area contributed by atoms with Gasteiger partial charge in [0.2, 0.25) is 11.8 Å². The van der Waals surface area contributed by atoms with Gasteiger partial charge >= 0.3 is 0 Å². The first-order valence-corrected chi connectivity index (χ1v) is 7.80. The number of carbonyl (C=O) groups is 2. The van der Waals surface area contributed by atoms with Crippen molar-refractivity contribution in [1.29, 1.82) is 0 Å². The lowest BCUT2D eigenvalue weighted by molar-refractivity contribution is -0.141. The van der Waals surface area contributed by atoms with E-state index in [9.17, 15) is 14.0 Å². The minimum atomic E-state index is -0.810. The number of nitrogens with zero attached hydrogens (tertiary/aromatic N) is 2. The molecule has 6 heteroatoms. The quantitative estimate of drug-likeness (QED) is 0.767. The van der Waals surface area contributed by atoms with Crippen molar-refractivity contribution in [2.45, 2.75) is 25.4 Å². The molecule has 3 fully saturated rings. The number of methoxy groups -OCH3 is 1. The molecule has 0 aromatic rings. The van der Waals surface area contributed by atoms with Crippen LogP contribution in [0.1, 0.15) is 19.3 Å². The molecule has 2 amide bonds. The van der Waals surface area contributed by atoms with Crippen molar-refractivity contribution in [2.75, 3.05) is 39.9 Å². The highest BCUT2D eigenvalue weighted by Crippen LogP contribution is 2.36. The number of rotatable bonds is 4. The highest BCUT2D eigenvalue weighted by Gasteiger charge is 2.46. The third-order valence-electron chi connectivity index (χ3n) is 5.15. The van der Waals surface area contributed by atoms with Gasteiger partial charge in [-0.05, 0) is 25.2 Å². The molecule has 1 saturated carbocycles. The number of hydrogen-bond donors (Lipinski definition) is 0. The molecule has 3 aliphatic rings. The molecule has 2 aliphatic heterocycles. The van der Waals surface area contributed by atoms with Gasteiger partial charge in [0.25, 0.3) is 0 Å². The van der Waals surface area contributed by atoms with Crippen LogP contribution >= 0.6 is 0 Å². The lowest BCUT2D eigenvalue weighted by Crippen LogP contribution is -2.46. The van der Waals surface area contributed by atoms with Crippen molar-refractivity contribution < 1.29 is 18.7 Å². The molecule has 0 spiro atoms. The van der Waals surface area contributed by atoms with E-state index in [1.165, 1.54) is 0 Å². The molecule has 118 valence electrons. The molecule has 0 radical (unpaired) electrons. The Morgan fingerprint density at radius 3 is 2.81 bits per heavy atom. The molecule has 0 N–H and O–H groups in total. The van der Waals surface area contributed by atoms with Gasteiger partial charge in [0.05, 0.1) is 12.5 Å². The topological polar surface area (TPSA) is 49.9 Å². The zero-order valence-corrected chi connectivity index (χ0v) is 12.5. The summed E-state index contributed by atoms with van der Waals surface area (Å²) in [5.74, 6) is 0.257. The molecule has 0 aromatic carbocycles. The van der Waals surface area contributed by atoms with E-state index in [2.05, 4.69) is 0 Å². The van der Waals surface area contributed by atoms with Gasteiger partial charge in [-0.1, -0.05) is 0 Å². The molecular formula is C15H23FN2O3. The lowest BCUT2D eigenvalue weighted by Gasteiger charge is -2.33. The van der Waals surface area contributed by atoms with Crippen molar-refractivity contribution in [3.8, 4) is 0 Å². The SMILES string of the molecule is COCCN1CC[C@@H]2CN(C(=O)C3CC(F)C3)C[C@@H]2C1=O. The molecular weight excluding hydrogens is 275 g/mol. The van der Waals surface area contributed by atoms with E-state index in [0.717, 1.165) is 13.0 Å². The van der Waals surface area contributed by atoms with Crippen LogP contribution in [0.2, 0.25) is 0 Å². The third-order valence-corrected chi connectivity index (χ3v) is 5.15. The Morgan fingerprint density at radius 2 is 2.14 bits per heavy atom. The Hall–Kier alpha value is -1.17. The predicted octanol–water partition coefficient (Wildman–Crippen LogP) is 0.688. The Kier molecular flexibility index (Phi) is 4.15. The lowest BCUT2D eigenvalue weighted by atomic mass is 9.82.